The average molecular weight is 524 g/mol. The maximum atomic E-state index is 14.0. The molecule has 0 aliphatic heterocycles. The molecule has 1 amide bonds. The molecular formula is C24H19ClF5N5O. The van der Waals surface area contributed by atoms with E-state index in [4.69, 9.17) is 11.6 Å². The van der Waals surface area contributed by atoms with Gasteiger partial charge in [0.15, 0.2) is 5.69 Å². The van der Waals surface area contributed by atoms with Crippen LogP contribution in [0.25, 0.3) is 0 Å². The third-order valence-corrected chi connectivity index (χ3v) is 5.81. The summed E-state index contributed by atoms with van der Waals surface area (Å²) in [6, 6.07) is 8.63. The summed E-state index contributed by atoms with van der Waals surface area (Å²) < 4.78 is 69.5. The Morgan fingerprint density at radius 3 is 2.11 bits per heavy atom. The van der Waals surface area contributed by atoms with Crippen molar-refractivity contribution in [3.8, 4) is 0 Å². The largest absolute Gasteiger partial charge is 0.420 e. The number of rotatable bonds is 7. The third kappa shape index (κ3) is 5.56. The highest BCUT2D eigenvalue weighted by molar-refractivity contribution is 6.30. The van der Waals surface area contributed by atoms with Gasteiger partial charge in [0.25, 0.3) is 5.91 Å². The lowest BCUT2D eigenvalue weighted by Crippen LogP contribution is -2.27. The first-order valence-electron chi connectivity index (χ1n) is 10.7. The van der Waals surface area contributed by atoms with Gasteiger partial charge in [-0.15, -0.1) is 0 Å². The molecule has 2 aromatic carbocycles. The summed E-state index contributed by atoms with van der Waals surface area (Å²) in [6.07, 6.45) is -2.78. The normalized spacial score (nSPS) is 11.6. The molecule has 188 valence electrons. The lowest BCUT2D eigenvalue weighted by Gasteiger charge is -2.11. The summed E-state index contributed by atoms with van der Waals surface area (Å²) in [7, 11) is 0. The highest BCUT2D eigenvalue weighted by atomic mass is 35.5. The Kier molecular flexibility index (Phi) is 7.11. The summed E-state index contributed by atoms with van der Waals surface area (Å²) in [6.45, 7) is 1.23. The van der Waals surface area contributed by atoms with E-state index >= 15 is 0 Å². The van der Waals surface area contributed by atoms with Crippen molar-refractivity contribution in [1.29, 1.82) is 0 Å². The molecule has 0 spiro atoms. The molecule has 12 heteroatoms. The van der Waals surface area contributed by atoms with Gasteiger partial charge in [0, 0.05) is 35.7 Å². The van der Waals surface area contributed by atoms with Crippen LogP contribution in [-0.2, 0) is 25.6 Å². The maximum Gasteiger partial charge on any atom is 0.420 e. The molecule has 4 aromatic rings. The van der Waals surface area contributed by atoms with Crippen molar-refractivity contribution in [2.75, 3.05) is 0 Å². The van der Waals surface area contributed by atoms with Crippen molar-refractivity contribution >= 4 is 17.5 Å². The number of alkyl halides is 3. The number of nitrogens with zero attached hydrogens (tertiary/aromatic N) is 2. The Bertz CT molecular complexity index is 1370. The topological polar surface area (TPSA) is 86.5 Å². The van der Waals surface area contributed by atoms with E-state index < -0.39 is 47.1 Å². The summed E-state index contributed by atoms with van der Waals surface area (Å²) in [5, 5.41) is 14.6. The number of hydrogen-bond acceptors (Lipinski definition) is 3. The van der Waals surface area contributed by atoms with Crippen LogP contribution in [0.4, 0.5) is 22.0 Å². The molecule has 36 heavy (non-hydrogen) atoms. The van der Waals surface area contributed by atoms with E-state index in [0.29, 0.717) is 12.0 Å². The van der Waals surface area contributed by atoms with Crippen molar-refractivity contribution in [3.05, 3.63) is 104 Å². The minimum Gasteiger partial charge on any atom is -0.346 e. The van der Waals surface area contributed by atoms with Crippen molar-refractivity contribution in [1.82, 2.24) is 25.7 Å². The SMILES string of the molecule is Cc1cn[nH]c1Cc1ccc(Cc2[nH]nc(C(=O)NCc3c(F)cc(Cl)cc3F)c2C(F)(F)F)cc1. The van der Waals surface area contributed by atoms with Crippen molar-refractivity contribution in [2.45, 2.75) is 32.5 Å². The molecule has 0 radical (unpaired) electrons. The van der Waals surface area contributed by atoms with Gasteiger partial charge in [-0.2, -0.15) is 23.4 Å². The number of benzene rings is 2. The predicted molar refractivity (Wildman–Crippen MR) is 122 cm³/mol. The van der Waals surface area contributed by atoms with Crippen molar-refractivity contribution in [2.24, 2.45) is 0 Å². The fraction of sp³-hybridized carbons (Fsp3) is 0.208. The van der Waals surface area contributed by atoms with Crippen LogP contribution < -0.4 is 5.32 Å². The highest BCUT2D eigenvalue weighted by Crippen LogP contribution is 2.35. The number of H-pyrrole nitrogens is 2. The van der Waals surface area contributed by atoms with Gasteiger partial charge in [-0.05, 0) is 35.7 Å². The number of amides is 1. The maximum absolute atomic E-state index is 14.0. The van der Waals surface area contributed by atoms with Crippen LogP contribution >= 0.6 is 11.6 Å². The predicted octanol–water partition coefficient (Wildman–Crippen LogP) is 5.50. The van der Waals surface area contributed by atoms with Gasteiger partial charge < -0.3 is 5.32 Å². The van der Waals surface area contributed by atoms with Crippen LogP contribution in [0.1, 0.15) is 49.7 Å². The number of carbonyl (C=O) groups is 1. The molecule has 0 aliphatic carbocycles. The first kappa shape index (κ1) is 25.4. The van der Waals surface area contributed by atoms with Gasteiger partial charge in [0.05, 0.1) is 11.9 Å². The number of nitrogens with one attached hydrogen (secondary N) is 3. The monoisotopic (exact) mass is 523 g/mol. The second-order valence-electron chi connectivity index (χ2n) is 8.16. The van der Waals surface area contributed by atoms with E-state index in [1.165, 1.54) is 0 Å². The zero-order valence-electron chi connectivity index (χ0n) is 18.7. The number of carbonyl (C=O) groups excluding carboxylic acids is 1. The molecule has 0 fully saturated rings. The summed E-state index contributed by atoms with van der Waals surface area (Å²) >= 11 is 5.56. The van der Waals surface area contributed by atoms with Crippen LogP contribution in [-0.4, -0.2) is 26.3 Å². The standard InChI is InChI=1S/C24H19ClF5N5O/c1-12-10-32-33-19(12)6-13-2-4-14(5-3-13)7-20-21(24(28,29)30)22(35-34-20)23(36)31-11-16-17(26)8-15(25)9-18(16)27/h2-5,8-10H,6-7,11H2,1H3,(H,31,36)(H,32,33)(H,34,35). The highest BCUT2D eigenvalue weighted by Gasteiger charge is 2.40. The molecule has 0 aliphatic rings. The zero-order valence-corrected chi connectivity index (χ0v) is 19.5. The van der Waals surface area contributed by atoms with Gasteiger partial charge in [-0.25, -0.2) is 8.78 Å². The van der Waals surface area contributed by atoms with Gasteiger partial charge in [0.2, 0.25) is 0 Å². The summed E-state index contributed by atoms with van der Waals surface area (Å²) in [5.74, 6) is -3.31. The molecule has 4 rings (SSSR count). The van der Waals surface area contributed by atoms with Gasteiger partial charge in [-0.3, -0.25) is 15.0 Å². The summed E-state index contributed by atoms with van der Waals surface area (Å²) in [4.78, 5) is 12.5. The Morgan fingerprint density at radius 1 is 1.00 bits per heavy atom. The molecule has 2 aromatic heterocycles. The quantitative estimate of drug-likeness (QED) is 0.279. The number of aromatic amines is 2. The molecular weight excluding hydrogens is 505 g/mol. The Balaban J connectivity index is 1.51. The Morgan fingerprint density at radius 2 is 1.58 bits per heavy atom. The lowest BCUT2D eigenvalue weighted by molar-refractivity contribution is -0.138. The first-order chi connectivity index (χ1) is 17.0. The minimum atomic E-state index is -4.90. The third-order valence-electron chi connectivity index (χ3n) is 5.59. The van der Waals surface area contributed by atoms with E-state index in [-0.39, 0.29) is 17.1 Å². The van der Waals surface area contributed by atoms with Gasteiger partial charge in [0.1, 0.15) is 17.2 Å². The van der Waals surface area contributed by atoms with E-state index in [1.54, 1.807) is 30.5 Å². The number of aryl methyl sites for hydroxylation is 1. The Labute approximate surface area is 206 Å². The molecule has 6 nitrogen and oxygen atoms in total. The van der Waals surface area contributed by atoms with Crippen LogP contribution in [0, 0.1) is 18.6 Å². The van der Waals surface area contributed by atoms with Crippen molar-refractivity contribution in [3.63, 3.8) is 0 Å². The zero-order chi connectivity index (χ0) is 26.0. The second-order valence-corrected chi connectivity index (χ2v) is 8.59. The van der Waals surface area contributed by atoms with E-state index in [1.807, 2.05) is 6.92 Å². The average Bonchev–Trinajstić information content (AvgIpc) is 3.40. The smallest absolute Gasteiger partial charge is 0.346 e. The molecule has 0 saturated carbocycles. The van der Waals surface area contributed by atoms with E-state index in [2.05, 4.69) is 25.7 Å². The van der Waals surface area contributed by atoms with Gasteiger partial charge in [-0.1, -0.05) is 35.9 Å². The van der Waals surface area contributed by atoms with E-state index in [0.717, 1.165) is 29.0 Å². The van der Waals surface area contributed by atoms with Crippen LogP contribution in [0.15, 0.2) is 42.6 Å². The fourth-order valence-electron chi connectivity index (χ4n) is 3.70. The molecule has 3 N–H and O–H groups in total. The second kappa shape index (κ2) is 10.1. The van der Waals surface area contributed by atoms with Gasteiger partial charge >= 0.3 is 6.18 Å². The number of halogens is 6. The summed E-state index contributed by atoms with van der Waals surface area (Å²) in [5.41, 5.74) is 0.423. The number of hydrogen-bond donors (Lipinski definition) is 3. The number of aromatic nitrogens is 4. The molecule has 2 heterocycles. The van der Waals surface area contributed by atoms with Crippen molar-refractivity contribution < 1.29 is 26.7 Å². The molecule has 0 unspecified atom stereocenters. The fourth-order valence-corrected chi connectivity index (χ4v) is 3.90. The van der Waals surface area contributed by atoms with Crippen LogP contribution in [0.5, 0.6) is 0 Å². The van der Waals surface area contributed by atoms with Crippen LogP contribution in [0.3, 0.4) is 0 Å². The molecule has 0 atom stereocenters. The van der Waals surface area contributed by atoms with E-state index in [9.17, 15) is 26.7 Å². The lowest BCUT2D eigenvalue weighted by atomic mass is 10.0. The Hall–Kier alpha value is -3.73. The molecule has 0 saturated heterocycles. The first-order valence-corrected chi connectivity index (χ1v) is 11.0. The minimum absolute atomic E-state index is 0.168. The van der Waals surface area contributed by atoms with Crippen LogP contribution in [0.2, 0.25) is 5.02 Å². The molecule has 0 bridgehead atoms.